The normalized spacial score (nSPS) is 27.6. The van der Waals surface area contributed by atoms with E-state index in [1.54, 1.807) is 7.11 Å². The Morgan fingerprint density at radius 2 is 2.18 bits per heavy atom. The van der Waals surface area contributed by atoms with Gasteiger partial charge in [-0.1, -0.05) is 25.3 Å². The van der Waals surface area contributed by atoms with Crippen LogP contribution in [0.2, 0.25) is 0 Å². The van der Waals surface area contributed by atoms with Crippen LogP contribution in [-0.4, -0.2) is 61.9 Å². The molecule has 1 amide bonds. The summed E-state index contributed by atoms with van der Waals surface area (Å²) in [6, 6.07) is 6.30. The van der Waals surface area contributed by atoms with Crippen molar-refractivity contribution in [3.63, 3.8) is 0 Å². The van der Waals surface area contributed by atoms with E-state index < -0.39 is 0 Å². The topological polar surface area (TPSA) is 71.0 Å². The Kier molecular flexibility index (Phi) is 5.78. The molecule has 2 N–H and O–H groups in total. The zero-order valence-corrected chi connectivity index (χ0v) is 16.8. The lowest BCUT2D eigenvalue weighted by molar-refractivity contribution is -0.122. The number of carbonyl (C=O) groups is 1. The van der Waals surface area contributed by atoms with E-state index in [0.717, 1.165) is 49.5 Å². The smallest absolute Gasteiger partial charge is 0.221 e. The summed E-state index contributed by atoms with van der Waals surface area (Å²) in [5, 5.41) is 13.4. The molecule has 6 nitrogen and oxygen atoms in total. The van der Waals surface area contributed by atoms with E-state index in [2.05, 4.69) is 16.3 Å². The van der Waals surface area contributed by atoms with E-state index in [1.165, 1.54) is 19.3 Å². The Labute approximate surface area is 167 Å². The number of methoxy groups -OCH3 is 1. The molecule has 0 aromatic heterocycles. The van der Waals surface area contributed by atoms with Gasteiger partial charge in [-0.25, -0.2) is 0 Å². The summed E-state index contributed by atoms with van der Waals surface area (Å²) in [7, 11) is 1.65. The maximum Gasteiger partial charge on any atom is 0.221 e. The van der Waals surface area contributed by atoms with E-state index in [9.17, 15) is 9.90 Å². The summed E-state index contributed by atoms with van der Waals surface area (Å²) in [4.78, 5) is 14.7. The number of nitrogens with one attached hydrogen (secondary N) is 1. The predicted octanol–water partition coefficient (Wildman–Crippen LogP) is 2.30. The number of nitrogens with zero attached hydrogens (tertiary/aromatic N) is 1. The van der Waals surface area contributed by atoms with E-state index in [0.29, 0.717) is 19.1 Å². The number of aliphatic hydroxyl groups is 1. The van der Waals surface area contributed by atoms with Crippen LogP contribution in [0.3, 0.4) is 0 Å². The molecule has 0 radical (unpaired) electrons. The highest BCUT2D eigenvalue weighted by atomic mass is 16.5. The van der Waals surface area contributed by atoms with Gasteiger partial charge in [-0.15, -0.1) is 0 Å². The summed E-state index contributed by atoms with van der Waals surface area (Å²) in [6.07, 6.45) is 6.48. The Balaban J connectivity index is 1.38. The summed E-state index contributed by atoms with van der Waals surface area (Å²) in [5.41, 5.74) is 0.844. The maximum absolute atomic E-state index is 12.4. The monoisotopic (exact) mass is 388 g/mol. The number of likely N-dealkylation sites (tertiary alicyclic amines) is 1. The van der Waals surface area contributed by atoms with Gasteiger partial charge in [0.05, 0.1) is 20.3 Å². The molecule has 0 bridgehead atoms. The molecule has 1 aliphatic carbocycles. The predicted molar refractivity (Wildman–Crippen MR) is 107 cm³/mol. The van der Waals surface area contributed by atoms with Gasteiger partial charge < -0.3 is 24.8 Å². The molecule has 3 aliphatic rings. The van der Waals surface area contributed by atoms with E-state index >= 15 is 0 Å². The number of aliphatic hydroxyl groups excluding tert-OH is 1. The first-order chi connectivity index (χ1) is 13.6. The molecule has 2 atom stereocenters. The molecule has 1 saturated heterocycles. The van der Waals surface area contributed by atoms with Gasteiger partial charge in [0.2, 0.25) is 5.91 Å². The Hall–Kier alpha value is -1.79. The summed E-state index contributed by atoms with van der Waals surface area (Å²) in [6.45, 7) is 2.92. The fourth-order valence-corrected chi connectivity index (χ4v) is 5.10. The zero-order valence-electron chi connectivity index (χ0n) is 16.8. The minimum Gasteiger partial charge on any atom is -0.497 e. The maximum atomic E-state index is 12.4. The SMILES string of the molecule is COc1ccc2c(c1)OC[C@@]1(CO)CN(CCC(=O)NC3CCCCC3)C[C@@H]21. The fraction of sp³-hybridized carbons (Fsp3) is 0.682. The summed E-state index contributed by atoms with van der Waals surface area (Å²) >= 11 is 0. The first-order valence-corrected chi connectivity index (χ1v) is 10.6. The van der Waals surface area contributed by atoms with Crippen LogP contribution >= 0.6 is 0 Å². The number of hydrogen-bond acceptors (Lipinski definition) is 5. The van der Waals surface area contributed by atoms with E-state index in [-0.39, 0.29) is 23.8 Å². The van der Waals surface area contributed by atoms with Crippen molar-refractivity contribution in [1.29, 1.82) is 0 Å². The second kappa shape index (κ2) is 8.29. The number of benzene rings is 1. The molecule has 1 aromatic carbocycles. The van der Waals surface area contributed by atoms with Gasteiger partial charge in [-0.2, -0.15) is 0 Å². The first-order valence-electron chi connectivity index (χ1n) is 10.6. The van der Waals surface area contributed by atoms with Crippen LogP contribution in [0.5, 0.6) is 11.5 Å². The van der Waals surface area contributed by atoms with Gasteiger partial charge in [-0.05, 0) is 24.5 Å². The van der Waals surface area contributed by atoms with Gasteiger partial charge in [0.1, 0.15) is 11.5 Å². The van der Waals surface area contributed by atoms with Crippen molar-refractivity contribution in [1.82, 2.24) is 10.2 Å². The van der Waals surface area contributed by atoms with Crippen molar-refractivity contribution >= 4 is 5.91 Å². The molecular weight excluding hydrogens is 356 g/mol. The number of carbonyl (C=O) groups excluding carboxylic acids is 1. The average Bonchev–Trinajstić information content (AvgIpc) is 3.12. The van der Waals surface area contributed by atoms with Gasteiger partial charge in [0.25, 0.3) is 0 Å². The second-order valence-corrected chi connectivity index (χ2v) is 8.65. The van der Waals surface area contributed by atoms with Crippen LogP contribution in [0.4, 0.5) is 0 Å². The molecule has 1 aromatic rings. The highest BCUT2D eigenvalue weighted by molar-refractivity contribution is 5.76. The van der Waals surface area contributed by atoms with Crippen LogP contribution < -0.4 is 14.8 Å². The Bertz CT molecular complexity index is 704. The molecule has 0 unspecified atom stereocenters. The van der Waals surface area contributed by atoms with Gasteiger partial charge in [0.15, 0.2) is 0 Å². The molecule has 154 valence electrons. The lowest BCUT2D eigenvalue weighted by atomic mass is 9.74. The Morgan fingerprint density at radius 3 is 2.93 bits per heavy atom. The quantitative estimate of drug-likeness (QED) is 0.783. The van der Waals surface area contributed by atoms with Gasteiger partial charge in [-0.3, -0.25) is 4.79 Å². The van der Waals surface area contributed by atoms with Crippen molar-refractivity contribution in [2.45, 2.75) is 50.5 Å². The van der Waals surface area contributed by atoms with Crippen LogP contribution in [0, 0.1) is 5.41 Å². The molecule has 2 aliphatic heterocycles. The van der Waals surface area contributed by atoms with Crippen LogP contribution in [0.25, 0.3) is 0 Å². The van der Waals surface area contributed by atoms with Crippen molar-refractivity contribution in [3.8, 4) is 11.5 Å². The summed E-state index contributed by atoms with van der Waals surface area (Å²) in [5.74, 6) is 2.00. The molecule has 28 heavy (non-hydrogen) atoms. The fourth-order valence-electron chi connectivity index (χ4n) is 5.10. The van der Waals surface area contributed by atoms with E-state index in [1.807, 2.05) is 12.1 Å². The van der Waals surface area contributed by atoms with Crippen molar-refractivity contribution in [3.05, 3.63) is 23.8 Å². The standard InChI is InChI=1S/C22H32N2O4/c1-27-17-7-8-18-19-12-24(13-22(19,14-25)15-28-20(18)11-17)10-9-21(26)23-16-5-3-2-4-6-16/h7-8,11,16,19,25H,2-6,9-10,12-15H2,1H3,(H,23,26)/t19-,22-/m0/s1. The number of amides is 1. The molecule has 1 saturated carbocycles. The van der Waals surface area contributed by atoms with Crippen molar-refractivity contribution in [2.75, 3.05) is 40.0 Å². The number of ether oxygens (including phenoxy) is 2. The lowest BCUT2D eigenvalue weighted by Crippen LogP contribution is -2.42. The molecule has 2 heterocycles. The minimum absolute atomic E-state index is 0.0912. The molecular formula is C22H32N2O4. The number of hydrogen-bond donors (Lipinski definition) is 2. The number of rotatable bonds is 6. The number of fused-ring (bicyclic) bond motifs is 3. The zero-order chi connectivity index (χ0) is 19.6. The third-order valence-corrected chi connectivity index (χ3v) is 6.77. The molecule has 0 spiro atoms. The van der Waals surface area contributed by atoms with Crippen molar-refractivity contribution < 1.29 is 19.4 Å². The Morgan fingerprint density at radius 1 is 1.36 bits per heavy atom. The first kappa shape index (κ1) is 19.5. The molecule has 6 heteroatoms. The van der Waals surface area contributed by atoms with Gasteiger partial charge >= 0.3 is 0 Å². The van der Waals surface area contributed by atoms with Crippen LogP contribution in [0.1, 0.15) is 50.0 Å². The molecule has 2 fully saturated rings. The largest absolute Gasteiger partial charge is 0.497 e. The highest BCUT2D eigenvalue weighted by Crippen LogP contribution is 2.50. The summed E-state index contributed by atoms with van der Waals surface area (Å²) < 4.78 is 11.3. The molecule has 4 rings (SSSR count). The second-order valence-electron chi connectivity index (χ2n) is 8.65. The highest BCUT2D eigenvalue weighted by Gasteiger charge is 2.50. The van der Waals surface area contributed by atoms with Gasteiger partial charge in [0, 0.05) is 49.5 Å². The average molecular weight is 389 g/mol. The minimum atomic E-state index is -0.290. The van der Waals surface area contributed by atoms with Crippen LogP contribution in [0.15, 0.2) is 18.2 Å². The van der Waals surface area contributed by atoms with Crippen LogP contribution in [-0.2, 0) is 4.79 Å². The van der Waals surface area contributed by atoms with Crippen molar-refractivity contribution in [2.24, 2.45) is 5.41 Å². The van der Waals surface area contributed by atoms with E-state index in [4.69, 9.17) is 9.47 Å². The third kappa shape index (κ3) is 3.85. The third-order valence-electron chi connectivity index (χ3n) is 6.77. The lowest BCUT2D eigenvalue weighted by Gasteiger charge is -2.38.